The zero-order valence-electron chi connectivity index (χ0n) is 11.9. The molecule has 3 rings (SSSR count). The summed E-state index contributed by atoms with van der Waals surface area (Å²) in [5.41, 5.74) is 3.23. The maximum Gasteiger partial charge on any atom is 0.163 e. The summed E-state index contributed by atoms with van der Waals surface area (Å²) in [7, 11) is 3.06. The molecule has 2 atom stereocenters. The van der Waals surface area contributed by atoms with Crippen LogP contribution in [-0.4, -0.2) is 14.2 Å². The van der Waals surface area contributed by atoms with Gasteiger partial charge in [0.2, 0.25) is 0 Å². The van der Waals surface area contributed by atoms with Gasteiger partial charge in [-0.25, -0.2) is 4.39 Å². The Hall–Kier alpha value is -1.55. The summed E-state index contributed by atoms with van der Waals surface area (Å²) in [6.07, 6.45) is 0.958. The van der Waals surface area contributed by atoms with E-state index in [1.54, 1.807) is 13.2 Å². The molecule has 1 aliphatic rings. The molecule has 1 aliphatic carbocycles. The van der Waals surface area contributed by atoms with Gasteiger partial charge in [-0.2, -0.15) is 0 Å². The lowest BCUT2D eigenvalue weighted by molar-refractivity contribution is 0.351. The van der Waals surface area contributed by atoms with Gasteiger partial charge in [0.1, 0.15) is 5.82 Å². The summed E-state index contributed by atoms with van der Waals surface area (Å²) in [5, 5.41) is 0. The number of halogens is 2. The Labute approximate surface area is 132 Å². The molecule has 0 radical (unpaired) electrons. The Morgan fingerprint density at radius 1 is 1.14 bits per heavy atom. The first kappa shape index (κ1) is 14.4. The van der Waals surface area contributed by atoms with Crippen LogP contribution >= 0.6 is 15.9 Å². The van der Waals surface area contributed by atoms with Gasteiger partial charge in [-0.05, 0) is 23.6 Å². The van der Waals surface area contributed by atoms with E-state index < -0.39 is 0 Å². The van der Waals surface area contributed by atoms with Crippen LogP contribution in [0.3, 0.4) is 0 Å². The first-order chi connectivity index (χ1) is 10.2. The van der Waals surface area contributed by atoms with Gasteiger partial charge in [0.05, 0.1) is 14.2 Å². The number of ether oxygens (including phenoxy) is 2. The monoisotopic (exact) mass is 350 g/mol. The number of hydrogen-bond donors (Lipinski definition) is 0. The Morgan fingerprint density at radius 2 is 1.81 bits per heavy atom. The zero-order chi connectivity index (χ0) is 15.0. The van der Waals surface area contributed by atoms with Crippen LogP contribution in [-0.2, 0) is 6.42 Å². The van der Waals surface area contributed by atoms with E-state index in [0.717, 1.165) is 6.42 Å². The first-order valence-corrected chi connectivity index (χ1v) is 7.70. The lowest BCUT2D eigenvalue weighted by atomic mass is 9.74. The van der Waals surface area contributed by atoms with Crippen molar-refractivity contribution in [2.75, 3.05) is 14.2 Å². The molecule has 0 N–H and O–H groups in total. The quantitative estimate of drug-likeness (QED) is 0.749. The van der Waals surface area contributed by atoms with Crippen molar-refractivity contribution >= 4 is 15.9 Å². The summed E-state index contributed by atoms with van der Waals surface area (Å²) in [6.45, 7) is 0. The maximum atomic E-state index is 14.3. The molecule has 0 bridgehead atoms. The van der Waals surface area contributed by atoms with Gasteiger partial charge >= 0.3 is 0 Å². The summed E-state index contributed by atoms with van der Waals surface area (Å²) >= 11 is 3.66. The highest BCUT2D eigenvalue weighted by Crippen LogP contribution is 2.49. The van der Waals surface area contributed by atoms with Crippen LogP contribution < -0.4 is 9.47 Å². The minimum Gasteiger partial charge on any atom is -0.493 e. The van der Waals surface area contributed by atoms with E-state index in [9.17, 15) is 4.39 Å². The molecule has 110 valence electrons. The highest BCUT2D eigenvalue weighted by Gasteiger charge is 2.34. The van der Waals surface area contributed by atoms with Gasteiger partial charge in [0.15, 0.2) is 11.5 Å². The fraction of sp³-hybridized carbons (Fsp3) is 0.294. The molecule has 0 saturated carbocycles. The minimum absolute atomic E-state index is 0.0767. The van der Waals surface area contributed by atoms with Crippen molar-refractivity contribution in [3.63, 3.8) is 0 Å². The number of alkyl halides is 1. The van der Waals surface area contributed by atoms with Crippen LogP contribution in [0.1, 0.15) is 27.4 Å². The third-order valence-corrected chi connectivity index (χ3v) is 5.18. The summed E-state index contributed by atoms with van der Waals surface area (Å²) < 4.78 is 24.7. The average molecular weight is 351 g/mol. The second-order valence-electron chi connectivity index (χ2n) is 5.14. The van der Waals surface area contributed by atoms with Crippen LogP contribution in [0, 0.1) is 5.82 Å². The van der Waals surface area contributed by atoms with Crippen LogP contribution in [0.5, 0.6) is 11.5 Å². The smallest absolute Gasteiger partial charge is 0.163 e. The van der Waals surface area contributed by atoms with Gasteiger partial charge in [-0.1, -0.05) is 40.2 Å². The van der Waals surface area contributed by atoms with Crippen molar-refractivity contribution in [1.82, 2.24) is 0 Å². The number of rotatable bonds is 4. The first-order valence-electron chi connectivity index (χ1n) is 6.79. The lowest BCUT2D eigenvalue weighted by Crippen LogP contribution is -2.21. The second kappa shape index (κ2) is 5.68. The van der Waals surface area contributed by atoms with Crippen molar-refractivity contribution in [2.24, 2.45) is 0 Å². The average Bonchev–Trinajstić information content (AvgIpc) is 2.48. The Bertz CT molecular complexity index is 672. The molecule has 0 aromatic heterocycles. The van der Waals surface area contributed by atoms with Crippen molar-refractivity contribution in [3.8, 4) is 11.5 Å². The zero-order valence-corrected chi connectivity index (χ0v) is 13.5. The van der Waals surface area contributed by atoms with Gasteiger partial charge in [-0.3, -0.25) is 0 Å². The topological polar surface area (TPSA) is 18.5 Å². The summed E-state index contributed by atoms with van der Waals surface area (Å²) in [6, 6.07) is 11.4. The normalized spacial score (nSPS) is 17.6. The molecule has 0 aliphatic heterocycles. The van der Waals surface area contributed by atoms with E-state index in [1.165, 1.54) is 24.3 Å². The van der Waals surface area contributed by atoms with Gasteiger partial charge < -0.3 is 9.47 Å². The largest absolute Gasteiger partial charge is 0.493 e. The highest BCUT2D eigenvalue weighted by molar-refractivity contribution is 9.09. The van der Waals surface area contributed by atoms with Crippen LogP contribution in [0.2, 0.25) is 0 Å². The molecule has 21 heavy (non-hydrogen) atoms. The third kappa shape index (κ3) is 2.42. The van der Waals surface area contributed by atoms with Crippen LogP contribution in [0.4, 0.5) is 4.39 Å². The molecule has 0 spiro atoms. The van der Waals surface area contributed by atoms with E-state index >= 15 is 0 Å². The number of benzene rings is 2. The predicted octanol–water partition coefficient (Wildman–Crippen LogP) is 4.62. The molecule has 2 aromatic rings. The highest BCUT2D eigenvalue weighted by atomic mass is 79.9. The molecular formula is C17H16BrFO2. The maximum absolute atomic E-state index is 14.3. The minimum atomic E-state index is -0.279. The molecule has 4 heteroatoms. The Kier molecular flexibility index (Phi) is 3.89. The van der Waals surface area contributed by atoms with Crippen LogP contribution in [0.15, 0.2) is 36.4 Å². The van der Waals surface area contributed by atoms with E-state index in [2.05, 4.69) is 28.1 Å². The van der Waals surface area contributed by atoms with Crippen molar-refractivity contribution < 1.29 is 13.9 Å². The molecule has 2 aromatic carbocycles. The Balaban J connectivity index is 1.94. The fourth-order valence-electron chi connectivity index (χ4n) is 2.86. The second-order valence-corrected chi connectivity index (χ2v) is 6.13. The van der Waals surface area contributed by atoms with Crippen molar-refractivity contribution in [3.05, 3.63) is 58.9 Å². The molecular weight excluding hydrogens is 335 g/mol. The van der Waals surface area contributed by atoms with Crippen molar-refractivity contribution in [1.29, 1.82) is 0 Å². The van der Waals surface area contributed by atoms with Gasteiger partial charge in [0.25, 0.3) is 0 Å². The van der Waals surface area contributed by atoms with E-state index in [4.69, 9.17) is 9.47 Å². The van der Waals surface area contributed by atoms with E-state index in [0.29, 0.717) is 17.1 Å². The summed E-state index contributed by atoms with van der Waals surface area (Å²) in [4.78, 5) is -0.0767. The number of fused-ring (bicyclic) bond motifs is 1. The fourth-order valence-corrected chi connectivity index (χ4v) is 3.68. The van der Waals surface area contributed by atoms with Gasteiger partial charge in [-0.15, -0.1) is 0 Å². The third-order valence-electron chi connectivity index (χ3n) is 4.05. The SMILES string of the molecule is COc1cc(F)c(C(Br)C2Cc3ccccc32)cc1OC. The lowest BCUT2D eigenvalue weighted by Gasteiger charge is -2.34. The summed E-state index contributed by atoms with van der Waals surface area (Å²) in [5.74, 6) is 0.964. The molecule has 0 fully saturated rings. The molecule has 0 heterocycles. The molecule has 2 unspecified atom stereocenters. The van der Waals surface area contributed by atoms with E-state index in [1.807, 2.05) is 12.1 Å². The van der Waals surface area contributed by atoms with Crippen molar-refractivity contribution in [2.45, 2.75) is 17.2 Å². The van der Waals surface area contributed by atoms with Crippen LogP contribution in [0.25, 0.3) is 0 Å². The number of hydrogen-bond acceptors (Lipinski definition) is 2. The molecule has 0 amide bonds. The standard InChI is InChI=1S/C17H16BrFO2/c1-20-15-8-13(14(19)9-16(15)21-2)17(18)12-7-10-5-3-4-6-11(10)12/h3-6,8-9,12,17H,7H2,1-2H3. The molecule has 0 saturated heterocycles. The van der Waals surface area contributed by atoms with Gasteiger partial charge in [0, 0.05) is 22.4 Å². The molecule has 2 nitrogen and oxygen atoms in total. The number of methoxy groups -OCH3 is 2. The Morgan fingerprint density at radius 3 is 2.48 bits per heavy atom. The predicted molar refractivity (Wildman–Crippen MR) is 84.1 cm³/mol. The van der Waals surface area contributed by atoms with E-state index in [-0.39, 0.29) is 16.6 Å².